The molecule has 1 aromatic heterocycles. The first-order chi connectivity index (χ1) is 13.7. The van der Waals surface area contributed by atoms with Crippen molar-refractivity contribution in [2.45, 2.75) is 19.0 Å². The van der Waals surface area contributed by atoms with Gasteiger partial charge in [-0.2, -0.15) is 13.2 Å². The number of carbonyl (C=O) groups excluding carboxylic acids is 2. The number of amides is 1. The number of rotatable bonds is 6. The minimum Gasteiger partial charge on any atom is -0.456 e. The molecule has 0 aliphatic rings. The maximum absolute atomic E-state index is 13.0. The summed E-state index contributed by atoms with van der Waals surface area (Å²) in [4.78, 5) is 26.9. The van der Waals surface area contributed by atoms with Crippen molar-refractivity contribution >= 4 is 40.1 Å². The highest BCUT2D eigenvalue weighted by Crippen LogP contribution is 2.36. The van der Waals surface area contributed by atoms with Crippen molar-refractivity contribution in [2.24, 2.45) is 0 Å². The molecule has 0 fully saturated rings. The molecule has 9 heteroatoms. The number of hydrogen-bond donors (Lipinski definition) is 2. The minimum atomic E-state index is -4.69. The van der Waals surface area contributed by atoms with Crippen LogP contribution >= 0.6 is 11.6 Å². The summed E-state index contributed by atoms with van der Waals surface area (Å²) in [5, 5.41) is 2.97. The Labute approximate surface area is 168 Å². The third kappa shape index (κ3) is 5.29. The number of aromatic nitrogens is 1. The molecule has 0 radical (unpaired) electrons. The zero-order valence-electron chi connectivity index (χ0n) is 15.0. The molecule has 1 heterocycles. The fourth-order valence-electron chi connectivity index (χ4n) is 2.84. The fraction of sp³-hybridized carbons (Fsp3) is 0.200. The SMILES string of the molecule is O=C(COC(=O)CCc1c[nH]c2ccccc12)Nc1ccc(Cl)cc1C(F)(F)F. The van der Waals surface area contributed by atoms with Crippen molar-refractivity contribution in [1.82, 2.24) is 4.98 Å². The highest BCUT2D eigenvalue weighted by atomic mass is 35.5. The van der Waals surface area contributed by atoms with Gasteiger partial charge in [-0.15, -0.1) is 0 Å². The Kier molecular flexibility index (Phi) is 6.12. The molecule has 3 aromatic rings. The zero-order valence-corrected chi connectivity index (χ0v) is 15.7. The van der Waals surface area contributed by atoms with Crippen LogP contribution in [-0.4, -0.2) is 23.5 Å². The Morgan fingerprint density at radius 1 is 1.14 bits per heavy atom. The lowest BCUT2D eigenvalue weighted by molar-refractivity contribution is -0.147. The molecule has 5 nitrogen and oxygen atoms in total. The van der Waals surface area contributed by atoms with E-state index in [-0.39, 0.29) is 11.4 Å². The smallest absolute Gasteiger partial charge is 0.418 e. The summed E-state index contributed by atoms with van der Waals surface area (Å²) in [6.45, 7) is -0.688. The van der Waals surface area contributed by atoms with Crippen LogP contribution in [0.15, 0.2) is 48.7 Å². The average Bonchev–Trinajstić information content (AvgIpc) is 3.08. The highest BCUT2D eigenvalue weighted by molar-refractivity contribution is 6.30. The van der Waals surface area contributed by atoms with Crippen molar-refractivity contribution < 1.29 is 27.5 Å². The second-order valence-corrected chi connectivity index (χ2v) is 6.69. The number of nitrogens with one attached hydrogen (secondary N) is 2. The number of carbonyl (C=O) groups is 2. The molecular weight excluding hydrogens is 409 g/mol. The zero-order chi connectivity index (χ0) is 21.0. The van der Waals surface area contributed by atoms with Gasteiger partial charge in [0, 0.05) is 28.5 Å². The van der Waals surface area contributed by atoms with E-state index in [0.717, 1.165) is 22.5 Å². The average molecular weight is 425 g/mol. The van der Waals surface area contributed by atoms with Crippen molar-refractivity contribution in [3.63, 3.8) is 0 Å². The number of aromatic amines is 1. The maximum atomic E-state index is 13.0. The molecule has 2 aromatic carbocycles. The van der Waals surface area contributed by atoms with E-state index in [1.54, 1.807) is 6.20 Å². The number of aryl methyl sites for hydroxylation is 1. The Balaban J connectivity index is 1.52. The molecule has 0 aliphatic heterocycles. The Morgan fingerprint density at radius 3 is 2.66 bits per heavy atom. The summed E-state index contributed by atoms with van der Waals surface area (Å²) in [7, 11) is 0. The van der Waals surface area contributed by atoms with Crippen LogP contribution in [0.5, 0.6) is 0 Å². The lowest BCUT2D eigenvalue weighted by Crippen LogP contribution is -2.22. The van der Waals surface area contributed by atoms with E-state index >= 15 is 0 Å². The topological polar surface area (TPSA) is 71.2 Å². The summed E-state index contributed by atoms with van der Waals surface area (Å²) in [6.07, 6.45) is -2.46. The second kappa shape index (κ2) is 8.57. The monoisotopic (exact) mass is 424 g/mol. The van der Waals surface area contributed by atoms with Crippen LogP contribution < -0.4 is 5.32 Å². The number of H-pyrrole nitrogens is 1. The molecule has 0 unspecified atom stereocenters. The van der Waals surface area contributed by atoms with Gasteiger partial charge >= 0.3 is 12.1 Å². The third-order valence-corrected chi connectivity index (χ3v) is 4.43. The van der Waals surface area contributed by atoms with E-state index in [9.17, 15) is 22.8 Å². The summed E-state index contributed by atoms with van der Waals surface area (Å²) >= 11 is 5.59. The quantitative estimate of drug-likeness (QED) is 0.550. The van der Waals surface area contributed by atoms with Crippen LogP contribution in [-0.2, 0) is 26.9 Å². The first-order valence-electron chi connectivity index (χ1n) is 8.61. The number of hydrogen-bond acceptors (Lipinski definition) is 3. The van der Waals surface area contributed by atoms with E-state index in [2.05, 4.69) is 10.3 Å². The van der Waals surface area contributed by atoms with E-state index in [4.69, 9.17) is 16.3 Å². The van der Waals surface area contributed by atoms with Crippen molar-refractivity contribution in [1.29, 1.82) is 0 Å². The standard InChI is InChI=1S/C20H16ClF3N2O3/c21-13-6-7-17(15(9-13)20(22,23)24)26-18(27)11-29-19(28)8-5-12-10-25-16-4-2-1-3-14(12)16/h1-4,6-7,9-10,25H,5,8,11H2,(H,26,27). The van der Waals surface area contributed by atoms with Crippen LogP contribution in [0.4, 0.5) is 18.9 Å². The number of ether oxygens (including phenoxy) is 1. The van der Waals surface area contributed by atoms with Crippen LogP contribution in [0.2, 0.25) is 5.02 Å². The number of alkyl halides is 3. The molecule has 0 spiro atoms. The maximum Gasteiger partial charge on any atom is 0.418 e. The van der Waals surface area contributed by atoms with Gasteiger partial charge in [-0.25, -0.2) is 0 Å². The molecule has 0 aliphatic carbocycles. The van der Waals surface area contributed by atoms with Crippen LogP contribution in [0.3, 0.4) is 0 Å². The molecule has 3 rings (SSSR count). The number of halogens is 4. The van der Waals surface area contributed by atoms with E-state index in [0.29, 0.717) is 12.5 Å². The summed E-state index contributed by atoms with van der Waals surface area (Å²) < 4.78 is 44.0. The number of para-hydroxylation sites is 1. The van der Waals surface area contributed by atoms with Gasteiger partial charge in [0.25, 0.3) is 5.91 Å². The normalized spacial score (nSPS) is 11.4. The van der Waals surface area contributed by atoms with Crippen molar-refractivity contribution in [3.8, 4) is 0 Å². The number of anilines is 1. The molecule has 0 saturated heterocycles. The Hall–Kier alpha value is -3.00. The molecule has 152 valence electrons. The molecule has 2 N–H and O–H groups in total. The van der Waals surface area contributed by atoms with Crippen molar-refractivity contribution in [3.05, 3.63) is 64.8 Å². The van der Waals surface area contributed by atoms with Gasteiger partial charge in [0.05, 0.1) is 11.3 Å². The number of fused-ring (bicyclic) bond motifs is 1. The van der Waals surface area contributed by atoms with Gasteiger partial charge in [-0.1, -0.05) is 29.8 Å². The third-order valence-electron chi connectivity index (χ3n) is 4.20. The van der Waals surface area contributed by atoms with Gasteiger partial charge < -0.3 is 15.0 Å². The van der Waals surface area contributed by atoms with Crippen LogP contribution in [0.1, 0.15) is 17.5 Å². The number of benzene rings is 2. The van der Waals surface area contributed by atoms with Gasteiger partial charge in [-0.3, -0.25) is 9.59 Å². The Morgan fingerprint density at radius 2 is 1.90 bits per heavy atom. The van der Waals surface area contributed by atoms with E-state index in [1.165, 1.54) is 6.07 Å². The lowest BCUT2D eigenvalue weighted by Gasteiger charge is -2.14. The van der Waals surface area contributed by atoms with Crippen molar-refractivity contribution in [2.75, 3.05) is 11.9 Å². The molecule has 29 heavy (non-hydrogen) atoms. The summed E-state index contributed by atoms with van der Waals surface area (Å²) in [6, 6.07) is 10.6. The minimum absolute atomic E-state index is 0.0316. The van der Waals surface area contributed by atoms with E-state index in [1.807, 2.05) is 24.3 Å². The second-order valence-electron chi connectivity index (χ2n) is 6.26. The van der Waals surface area contributed by atoms with Crippen LogP contribution in [0.25, 0.3) is 10.9 Å². The molecule has 0 atom stereocenters. The van der Waals surface area contributed by atoms with Gasteiger partial charge in [0.2, 0.25) is 0 Å². The van der Waals surface area contributed by atoms with Gasteiger partial charge in [0.1, 0.15) is 0 Å². The lowest BCUT2D eigenvalue weighted by atomic mass is 10.1. The van der Waals surface area contributed by atoms with Gasteiger partial charge in [0.15, 0.2) is 6.61 Å². The molecular formula is C20H16ClF3N2O3. The Bertz CT molecular complexity index is 1050. The summed E-state index contributed by atoms with van der Waals surface area (Å²) in [5.74, 6) is -1.50. The fourth-order valence-corrected chi connectivity index (χ4v) is 3.01. The molecule has 0 saturated carbocycles. The first kappa shape index (κ1) is 20.7. The van der Waals surface area contributed by atoms with Gasteiger partial charge in [-0.05, 0) is 36.2 Å². The predicted molar refractivity (Wildman–Crippen MR) is 103 cm³/mol. The molecule has 0 bridgehead atoms. The van der Waals surface area contributed by atoms with Crippen LogP contribution in [0, 0.1) is 0 Å². The van der Waals surface area contributed by atoms with E-state index < -0.39 is 35.9 Å². The highest BCUT2D eigenvalue weighted by Gasteiger charge is 2.34. The molecule has 1 amide bonds. The summed E-state index contributed by atoms with van der Waals surface area (Å²) in [5.41, 5.74) is 0.336. The largest absolute Gasteiger partial charge is 0.456 e. The first-order valence-corrected chi connectivity index (χ1v) is 8.99. The number of esters is 1. The predicted octanol–water partition coefficient (Wildman–Crippen LogP) is 4.95.